The average molecular weight is 863 g/mol. The highest BCUT2D eigenvalue weighted by atomic mass is 15.0. The average Bonchev–Trinajstić information content (AvgIpc) is 3.91. The van der Waals surface area contributed by atoms with Crippen LogP contribution < -0.4 is 0 Å². The molecule has 11 aromatic carbocycles. The van der Waals surface area contributed by atoms with E-state index in [-0.39, 0.29) is 0 Å². The van der Waals surface area contributed by atoms with E-state index in [1.807, 2.05) is 36.4 Å². The van der Waals surface area contributed by atoms with Crippen LogP contribution in [0.25, 0.3) is 116 Å². The minimum atomic E-state index is -0.657. The van der Waals surface area contributed by atoms with Crippen molar-refractivity contribution in [3.63, 3.8) is 0 Å². The normalized spacial score (nSPS) is 14.5. The Bertz CT molecular complexity index is 4170. The van der Waals surface area contributed by atoms with Crippen LogP contribution in [-0.2, 0) is 5.41 Å². The second-order valence-electron chi connectivity index (χ2n) is 18.2. The summed E-state index contributed by atoms with van der Waals surface area (Å²) in [5.74, 6) is 1.92. The van der Waals surface area contributed by atoms with Gasteiger partial charge in [0, 0.05) is 27.5 Å². The van der Waals surface area contributed by atoms with Gasteiger partial charge in [0.2, 0.25) is 0 Å². The molecule has 0 saturated carbocycles. The second-order valence-corrected chi connectivity index (χ2v) is 18.2. The molecule has 1 aliphatic carbocycles. The number of hydrogen-bond donors (Lipinski definition) is 0. The van der Waals surface area contributed by atoms with Crippen LogP contribution in [-0.4, -0.2) is 19.5 Å². The van der Waals surface area contributed by atoms with E-state index in [0.29, 0.717) is 17.5 Å². The zero-order valence-electron chi connectivity index (χ0n) is 36.7. The van der Waals surface area contributed by atoms with Gasteiger partial charge in [-0.15, -0.1) is 0 Å². The van der Waals surface area contributed by atoms with Gasteiger partial charge in [-0.2, -0.15) is 0 Å². The summed E-state index contributed by atoms with van der Waals surface area (Å²) < 4.78 is 2.50. The molecule has 1 spiro atoms. The standard InChI is InChI=1S/C64H38N4/c1-3-17-39(18-4-1)61-65-62(40-19-5-2-6-20-40)67-63(66-61)50-27-16-29-55-59(50)52-38-42(41-33-35-47-45-23-8-7-21-43(45)44-22-9-10-24-46(44)51(47)37-41)34-36-53(52)64(55)54-28-12-14-32-58(54)68-57-31-13-11-25-48(57)49-26-15-30-56(64)60(49)68/h1-38H. The van der Waals surface area contributed by atoms with Crippen molar-refractivity contribution in [1.82, 2.24) is 19.5 Å². The Hall–Kier alpha value is -8.99. The summed E-state index contributed by atoms with van der Waals surface area (Å²) in [6.45, 7) is 0. The van der Waals surface area contributed by atoms with E-state index in [9.17, 15) is 0 Å². The number of hydrogen-bond acceptors (Lipinski definition) is 3. The summed E-state index contributed by atoms with van der Waals surface area (Å²) in [4.78, 5) is 15.9. The van der Waals surface area contributed by atoms with E-state index in [1.165, 1.54) is 93.2 Å². The maximum atomic E-state index is 5.37. The molecule has 1 aliphatic heterocycles. The van der Waals surface area contributed by atoms with E-state index in [1.54, 1.807) is 0 Å². The van der Waals surface area contributed by atoms with Crippen LogP contribution in [0.1, 0.15) is 22.3 Å². The van der Waals surface area contributed by atoms with Crippen molar-refractivity contribution in [3.8, 4) is 62.1 Å². The Morgan fingerprint density at radius 2 is 0.809 bits per heavy atom. The molecule has 1 unspecified atom stereocenters. The summed E-state index contributed by atoms with van der Waals surface area (Å²) in [6.07, 6.45) is 0. The molecule has 1 atom stereocenters. The molecule has 0 radical (unpaired) electrons. The first kappa shape index (κ1) is 37.3. The Kier molecular flexibility index (Phi) is 7.67. The summed E-state index contributed by atoms with van der Waals surface area (Å²) in [5, 5.41) is 10.1. The molecule has 314 valence electrons. The van der Waals surface area contributed by atoms with Crippen LogP contribution in [0.3, 0.4) is 0 Å². The smallest absolute Gasteiger partial charge is 0.164 e. The summed E-state index contributed by atoms with van der Waals surface area (Å²) in [7, 11) is 0. The Labute approximate surface area is 392 Å². The van der Waals surface area contributed by atoms with Crippen molar-refractivity contribution < 1.29 is 0 Å². The lowest BCUT2D eigenvalue weighted by Gasteiger charge is -2.39. The zero-order chi connectivity index (χ0) is 44.5. The number of rotatable bonds is 4. The van der Waals surface area contributed by atoms with Crippen LogP contribution in [0.4, 0.5) is 0 Å². The monoisotopic (exact) mass is 862 g/mol. The van der Waals surface area contributed by atoms with E-state index >= 15 is 0 Å². The van der Waals surface area contributed by atoms with Crippen molar-refractivity contribution in [2.45, 2.75) is 5.41 Å². The molecular weight excluding hydrogens is 825 g/mol. The largest absolute Gasteiger partial charge is 0.309 e. The van der Waals surface area contributed by atoms with Gasteiger partial charge in [0.15, 0.2) is 17.5 Å². The van der Waals surface area contributed by atoms with Gasteiger partial charge in [0.1, 0.15) is 0 Å². The van der Waals surface area contributed by atoms with Gasteiger partial charge in [-0.3, -0.25) is 0 Å². The number of para-hydroxylation sites is 3. The van der Waals surface area contributed by atoms with Crippen molar-refractivity contribution in [2.24, 2.45) is 0 Å². The molecule has 15 rings (SSSR count). The van der Waals surface area contributed by atoms with Gasteiger partial charge in [0.05, 0.1) is 22.1 Å². The zero-order valence-corrected chi connectivity index (χ0v) is 36.7. The second kappa shape index (κ2) is 14.0. The van der Waals surface area contributed by atoms with Crippen LogP contribution in [0.15, 0.2) is 231 Å². The molecule has 0 fully saturated rings. The summed E-state index contributed by atoms with van der Waals surface area (Å²) in [6, 6.07) is 84.1. The van der Waals surface area contributed by atoms with E-state index < -0.39 is 5.41 Å². The minimum Gasteiger partial charge on any atom is -0.309 e. The SMILES string of the molecule is c1ccc(-c2nc(-c3ccccc3)nc(-c3cccc4c3-c3cc(-c5ccc6c7ccccc7c7ccccc7c6c5)ccc3C43c4ccccc4-n4c5ccccc5c5cccc3c54)n2)cc1. The van der Waals surface area contributed by atoms with Crippen LogP contribution >= 0.6 is 0 Å². The molecule has 13 aromatic rings. The molecule has 4 nitrogen and oxygen atoms in total. The first-order valence-electron chi connectivity index (χ1n) is 23.4. The van der Waals surface area contributed by atoms with E-state index in [4.69, 9.17) is 15.0 Å². The molecule has 2 aliphatic rings. The van der Waals surface area contributed by atoms with Crippen LogP contribution in [0.5, 0.6) is 0 Å². The van der Waals surface area contributed by atoms with E-state index in [2.05, 4.69) is 199 Å². The molecule has 2 aromatic heterocycles. The fraction of sp³-hybridized carbons (Fsp3) is 0.0156. The predicted molar refractivity (Wildman–Crippen MR) is 279 cm³/mol. The molecule has 0 saturated heterocycles. The van der Waals surface area contributed by atoms with Gasteiger partial charge in [0.25, 0.3) is 0 Å². The Morgan fingerprint density at radius 1 is 0.294 bits per heavy atom. The lowest BCUT2D eigenvalue weighted by molar-refractivity contribution is 0.748. The predicted octanol–water partition coefficient (Wildman–Crippen LogP) is 15.8. The van der Waals surface area contributed by atoms with E-state index in [0.717, 1.165) is 27.8 Å². The van der Waals surface area contributed by atoms with Crippen LogP contribution in [0.2, 0.25) is 0 Å². The molecule has 0 N–H and O–H groups in total. The first-order chi connectivity index (χ1) is 33.7. The topological polar surface area (TPSA) is 43.6 Å². The van der Waals surface area contributed by atoms with Gasteiger partial charge >= 0.3 is 0 Å². The highest BCUT2D eigenvalue weighted by Gasteiger charge is 2.51. The quantitative estimate of drug-likeness (QED) is 0.166. The molecule has 0 bridgehead atoms. The highest BCUT2D eigenvalue weighted by Crippen LogP contribution is 2.63. The number of fused-ring (bicyclic) bond motifs is 18. The highest BCUT2D eigenvalue weighted by molar-refractivity contribution is 6.26. The Balaban J connectivity index is 1.05. The van der Waals surface area contributed by atoms with Crippen LogP contribution in [0, 0.1) is 0 Å². The first-order valence-corrected chi connectivity index (χ1v) is 23.4. The number of benzene rings is 11. The van der Waals surface area contributed by atoms with Gasteiger partial charge < -0.3 is 4.57 Å². The van der Waals surface area contributed by atoms with Crippen molar-refractivity contribution >= 4 is 54.1 Å². The summed E-state index contributed by atoms with van der Waals surface area (Å²) in [5.41, 5.74) is 15.5. The summed E-state index contributed by atoms with van der Waals surface area (Å²) >= 11 is 0. The molecular formula is C64H38N4. The molecule has 3 heterocycles. The fourth-order valence-electron chi connectivity index (χ4n) is 12.0. The lowest BCUT2D eigenvalue weighted by atomic mass is 9.65. The van der Waals surface area contributed by atoms with Gasteiger partial charge in [-0.05, 0) is 101 Å². The maximum absolute atomic E-state index is 5.37. The Morgan fingerprint density at radius 3 is 1.53 bits per heavy atom. The van der Waals surface area contributed by atoms with Crippen molar-refractivity contribution in [1.29, 1.82) is 0 Å². The molecule has 0 amide bonds. The van der Waals surface area contributed by atoms with Crippen molar-refractivity contribution in [2.75, 3.05) is 0 Å². The minimum absolute atomic E-state index is 0.641. The third-order valence-corrected chi connectivity index (χ3v) is 14.8. The molecule has 4 heteroatoms. The third kappa shape index (κ3) is 5.01. The lowest BCUT2D eigenvalue weighted by Crippen LogP contribution is -2.33. The fourth-order valence-corrected chi connectivity index (χ4v) is 12.0. The number of nitrogens with zero attached hydrogens (tertiary/aromatic N) is 4. The maximum Gasteiger partial charge on any atom is 0.164 e. The van der Waals surface area contributed by atoms with Gasteiger partial charge in [-0.1, -0.05) is 206 Å². The van der Waals surface area contributed by atoms with Gasteiger partial charge in [-0.25, -0.2) is 15.0 Å². The molecule has 68 heavy (non-hydrogen) atoms. The third-order valence-electron chi connectivity index (χ3n) is 14.8. The van der Waals surface area contributed by atoms with Crippen molar-refractivity contribution in [3.05, 3.63) is 253 Å². The number of aromatic nitrogens is 4.